The van der Waals surface area contributed by atoms with Crippen LogP contribution in [0.5, 0.6) is 0 Å². The molecule has 1 aromatic carbocycles. The first-order valence-corrected chi connectivity index (χ1v) is 4.59. The Morgan fingerprint density at radius 1 is 1.43 bits per heavy atom. The van der Waals surface area contributed by atoms with Gasteiger partial charge in [0.2, 0.25) is 0 Å². The molecule has 14 heavy (non-hydrogen) atoms. The molecular formula is C11H12FNO. The highest BCUT2D eigenvalue weighted by Crippen LogP contribution is 2.17. The molecule has 0 saturated carbocycles. The Labute approximate surface area is 81.6 Å². The van der Waals surface area contributed by atoms with Crippen LogP contribution in [0.4, 0.5) is 4.39 Å². The van der Waals surface area contributed by atoms with Crippen LogP contribution < -0.4 is 0 Å². The smallest absolute Gasteiger partial charge is 0.125 e. The molecule has 1 unspecified atom stereocenters. The molecule has 0 radical (unpaired) electrons. The van der Waals surface area contributed by atoms with E-state index in [0.717, 1.165) is 10.9 Å². The lowest BCUT2D eigenvalue weighted by Gasteiger charge is -2.07. The third-order valence-electron chi connectivity index (χ3n) is 2.20. The van der Waals surface area contributed by atoms with E-state index >= 15 is 0 Å². The van der Waals surface area contributed by atoms with E-state index in [1.807, 2.05) is 16.8 Å². The number of aromatic nitrogens is 1. The number of aliphatic hydroxyl groups excluding tert-OH is 1. The van der Waals surface area contributed by atoms with Crippen molar-refractivity contribution in [3.63, 3.8) is 0 Å². The lowest BCUT2D eigenvalue weighted by atomic mass is 10.2. The number of nitrogens with zero attached hydrogens (tertiary/aromatic N) is 1. The first-order valence-electron chi connectivity index (χ1n) is 4.59. The molecule has 1 aromatic heterocycles. The van der Waals surface area contributed by atoms with E-state index < -0.39 is 6.10 Å². The number of aliphatic hydroxyl groups is 1. The molecular weight excluding hydrogens is 181 g/mol. The Hall–Kier alpha value is -1.35. The Kier molecular flexibility index (Phi) is 2.25. The fourth-order valence-electron chi connectivity index (χ4n) is 1.60. The lowest BCUT2D eigenvalue weighted by Crippen LogP contribution is -2.10. The zero-order valence-electron chi connectivity index (χ0n) is 7.94. The van der Waals surface area contributed by atoms with E-state index in [1.165, 1.54) is 12.1 Å². The van der Waals surface area contributed by atoms with Crippen LogP contribution in [-0.2, 0) is 6.54 Å². The van der Waals surface area contributed by atoms with Crippen molar-refractivity contribution >= 4 is 10.9 Å². The molecule has 2 rings (SSSR count). The maximum atomic E-state index is 13.0. The summed E-state index contributed by atoms with van der Waals surface area (Å²) in [5.74, 6) is -0.247. The molecule has 1 N–H and O–H groups in total. The highest BCUT2D eigenvalue weighted by molar-refractivity contribution is 5.80. The maximum absolute atomic E-state index is 13.0. The number of halogens is 1. The third kappa shape index (κ3) is 1.63. The Morgan fingerprint density at radius 2 is 2.21 bits per heavy atom. The van der Waals surface area contributed by atoms with Gasteiger partial charge in [-0.05, 0) is 36.6 Å². The van der Waals surface area contributed by atoms with Crippen molar-refractivity contribution in [3.05, 3.63) is 36.3 Å². The van der Waals surface area contributed by atoms with Gasteiger partial charge in [0.1, 0.15) is 5.82 Å². The first kappa shape index (κ1) is 9.21. The van der Waals surface area contributed by atoms with Crippen molar-refractivity contribution in [2.45, 2.75) is 19.6 Å². The van der Waals surface area contributed by atoms with E-state index in [0.29, 0.717) is 6.54 Å². The molecule has 0 saturated heterocycles. The summed E-state index contributed by atoms with van der Waals surface area (Å²) in [6.07, 6.45) is 1.44. The van der Waals surface area contributed by atoms with Gasteiger partial charge in [-0.25, -0.2) is 4.39 Å². The van der Waals surface area contributed by atoms with Crippen LogP contribution in [-0.4, -0.2) is 15.8 Å². The SMILES string of the molecule is CC(O)Cn1ccc2ccc(F)cc21. The standard InChI is InChI=1S/C11H12FNO/c1-8(14)7-13-5-4-9-2-3-10(12)6-11(9)13/h2-6,8,14H,7H2,1H3. The molecule has 0 spiro atoms. The molecule has 0 amide bonds. The minimum atomic E-state index is -0.422. The van der Waals surface area contributed by atoms with Gasteiger partial charge in [-0.3, -0.25) is 0 Å². The van der Waals surface area contributed by atoms with Crippen molar-refractivity contribution < 1.29 is 9.50 Å². The van der Waals surface area contributed by atoms with Crippen LogP contribution >= 0.6 is 0 Å². The fourth-order valence-corrected chi connectivity index (χ4v) is 1.60. The molecule has 1 atom stereocenters. The number of rotatable bonds is 2. The van der Waals surface area contributed by atoms with E-state index in [4.69, 9.17) is 0 Å². The molecule has 0 bridgehead atoms. The van der Waals surface area contributed by atoms with Gasteiger partial charge in [0.15, 0.2) is 0 Å². The molecule has 0 aliphatic heterocycles. The normalized spacial score (nSPS) is 13.4. The second-order valence-electron chi connectivity index (χ2n) is 3.52. The first-order chi connectivity index (χ1) is 6.66. The summed E-state index contributed by atoms with van der Waals surface area (Å²) in [6, 6.07) is 6.58. The summed E-state index contributed by atoms with van der Waals surface area (Å²) in [6.45, 7) is 2.21. The van der Waals surface area contributed by atoms with Crippen LogP contribution in [0.25, 0.3) is 10.9 Å². The van der Waals surface area contributed by atoms with Gasteiger partial charge in [-0.15, -0.1) is 0 Å². The topological polar surface area (TPSA) is 25.2 Å². The van der Waals surface area contributed by atoms with Crippen LogP contribution in [0.15, 0.2) is 30.5 Å². The van der Waals surface area contributed by atoms with Crippen LogP contribution in [0.1, 0.15) is 6.92 Å². The maximum Gasteiger partial charge on any atom is 0.125 e. The van der Waals surface area contributed by atoms with E-state index in [-0.39, 0.29) is 5.82 Å². The van der Waals surface area contributed by atoms with Gasteiger partial charge < -0.3 is 9.67 Å². The lowest BCUT2D eigenvalue weighted by molar-refractivity contribution is 0.175. The van der Waals surface area contributed by atoms with Gasteiger partial charge in [0, 0.05) is 12.7 Å². The quantitative estimate of drug-likeness (QED) is 0.776. The van der Waals surface area contributed by atoms with Crippen molar-refractivity contribution in [1.82, 2.24) is 4.57 Å². The van der Waals surface area contributed by atoms with Crippen LogP contribution in [0, 0.1) is 5.82 Å². The summed E-state index contributed by atoms with van der Waals surface area (Å²) in [7, 11) is 0. The number of benzene rings is 1. The molecule has 0 aliphatic rings. The van der Waals surface area contributed by atoms with Crippen molar-refractivity contribution in [1.29, 1.82) is 0 Å². The predicted molar refractivity (Wildman–Crippen MR) is 53.6 cm³/mol. The van der Waals surface area contributed by atoms with E-state index in [1.54, 1.807) is 13.0 Å². The van der Waals surface area contributed by atoms with E-state index in [2.05, 4.69) is 0 Å². The average molecular weight is 193 g/mol. The largest absolute Gasteiger partial charge is 0.392 e. The predicted octanol–water partition coefficient (Wildman–Crippen LogP) is 2.16. The monoisotopic (exact) mass is 193 g/mol. The van der Waals surface area contributed by atoms with Gasteiger partial charge in [-0.2, -0.15) is 0 Å². The fraction of sp³-hybridized carbons (Fsp3) is 0.273. The van der Waals surface area contributed by atoms with Gasteiger partial charge in [-0.1, -0.05) is 0 Å². The number of hydrogen-bond donors (Lipinski definition) is 1. The summed E-state index contributed by atoms with van der Waals surface area (Å²) < 4.78 is 14.8. The van der Waals surface area contributed by atoms with E-state index in [9.17, 15) is 9.50 Å². The van der Waals surface area contributed by atoms with Crippen molar-refractivity contribution in [3.8, 4) is 0 Å². The summed E-state index contributed by atoms with van der Waals surface area (Å²) in [4.78, 5) is 0. The molecule has 1 heterocycles. The zero-order chi connectivity index (χ0) is 10.1. The average Bonchev–Trinajstić information content (AvgIpc) is 2.47. The highest BCUT2D eigenvalue weighted by Gasteiger charge is 2.04. The van der Waals surface area contributed by atoms with Crippen LogP contribution in [0.2, 0.25) is 0 Å². The summed E-state index contributed by atoms with van der Waals surface area (Å²) >= 11 is 0. The van der Waals surface area contributed by atoms with Gasteiger partial charge in [0.05, 0.1) is 11.6 Å². The Bertz CT molecular complexity index is 447. The summed E-state index contributed by atoms with van der Waals surface area (Å²) in [5.41, 5.74) is 0.825. The number of hydrogen-bond acceptors (Lipinski definition) is 1. The van der Waals surface area contributed by atoms with Gasteiger partial charge in [0.25, 0.3) is 0 Å². The Balaban J connectivity index is 2.50. The minimum Gasteiger partial charge on any atom is -0.392 e. The van der Waals surface area contributed by atoms with Crippen molar-refractivity contribution in [2.75, 3.05) is 0 Å². The summed E-state index contributed by atoms with van der Waals surface area (Å²) in [5, 5.41) is 10.2. The minimum absolute atomic E-state index is 0.247. The van der Waals surface area contributed by atoms with Gasteiger partial charge >= 0.3 is 0 Å². The molecule has 74 valence electrons. The molecule has 0 fully saturated rings. The third-order valence-corrected chi connectivity index (χ3v) is 2.20. The molecule has 2 aromatic rings. The second-order valence-corrected chi connectivity index (χ2v) is 3.52. The Morgan fingerprint density at radius 3 is 2.93 bits per heavy atom. The zero-order valence-corrected chi connectivity index (χ0v) is 7.94. The van der Waals surface area contributed by atoms with Crippen LogP contribution in [0.3, 0.4) is 0 Å². The molecule has 0 aliphatic carbocycles. The second kappa shape index (κ2) is 3.42. The number of fused-ring (bicyclic) bond motifs is 1. The highest BCUT2D eigenvalue weighted by atomic mass is 19.1. The molecule has 3 heteroatoms. The molecule has 2 nitrogen and oxygen atoms in total. The van der Waals surface area contributed by atoms with Crippen molar-refractivity contribution in [2.24, 2.45) is 0 Å².